The van der Waals surface area contributed by atoms with Crippen LogP contribution in [0.5, 0.6) is 5.75 Å². The third kappa shape index (κ3) is 4.88. The van der Waals surface area contributed by atoms with Crippen molar-refractivity contribution in [2.75, 3.05) is 39.8 Å². The van der Waals surface area contributed by atoms with Gasteiger partial charge in [-0.1, -0.05) is 11.6 Å². The van der Waals surface area contributed by atoms with E-state index >= 15 is 0 Å². The predicted molar refractivity (Wildman–Crippen MR) is 82.0 cm³/mol. The van der Waals surface area contributed by atoms with Crippen LogP contribution in [0.4, 0.5) is 0 Å². The Morgan fingerprint density at radius 1 is 1.29 bits per heavy atom. The van der Waals surface area contributed by atoms with Crippen molar-refractivity contribution in [3.8, 4) is 5.75 Å². The van der Waals surface area contributed by atoms with Crippen LogP contribution in [0.15, 0.2) is 18.2 Å². The van der Waals surface area contributed by atoms with Gasteiger partial charge in [0.2, 0.25) is 0 Å². The molecule has 2 rings (SSSR count). The van der Waals surface area contributed by atoms with Crippen LogP contribution in [-0.2, 0) is 11.3 Å². The molecule has 1 saturated heterocycles. The smallest absolute Gasteiger partial charge is 0.317 e. The fourth-order valence-electron chi connectivity index (χ4n) is 2.64. The Hall–Kier alpha value is -1.30. The summed E-state index contributed by atoms with van der Waals surface area (Å²) in [6, 6.07) is 5.63. The first-order valence-electron chi connectivity index (χ1n) is 7.07. The van der Waals surface area contributed by atoms with Crippen LogP contribution in [0.25, 0.3) is 0 Å². The van der Waals surface area contributed by atoms with Crippen LogP contribution < -0.4 is 4.74 Å². The Morgan fingerprint density at radius 3 is 2.71 bits per heavy atom. The molecule has 0 unspecified atom stereocenters. The van der Waals surface area contributed by atoms with E-state index < -0.39 is 5.97 Å². The van der Waals surface area contributed by atoms with Gasteiger partial charge in [-0.05, 0) is 31.2 Å². The summed E-state index contributed by atoms with van der Waals surface area (Å²) in [4.78, 5) is 15.1. The molecule has 0 bridgehead atoms. The minimum absolute atomic E-state index is 0.119. The van der Waals surface area contributed by atoms with Crippen LogP contribution >= 0.6 is 11.6 Å². The van der Waals surface area contributed by atoms with Gasteiger partial charge in [0.15, 0.2) is 0 Å². The lowest BCUT2D eigenvalue weighted by Crippen LogP contribution is -2.34. The third-order valence-electron chi connectivity index (χ3n) is 3.68. The highest BCUT2D eigenvalue weighted by Gasteiger charge is 2.18. The maximum absolute atomic E-state index is 10.8. The molecule has 0 aromatic heterocycles. The number of benzene rings is 1. The first-order valence-corrected chi connectivity index (χ1v) is 7.45. The van der Waals surface area contributed by atoms with Crippen molar-refractivity contribution in [2.45, 2.75) is 13.0 Å². The number of hydrogen-bond acceptors (Lipinski definition) is 4. The SMILES string of the molecule is COc1ccc(Cl)cc1CN1CCCN(CC(=O)O)CC1. The van der Waals surface area contributed by atoms with Gasteiger partial charge in [0, 0.05) is 36.8 Å². The van der Waals surface area contributed by atoms with Gasteiger partial charge in [-0.15, -0.1) is 0 Å². The number of hydrogen-bond donors (Lipinski definition) is 1. The van der Waals surface area contributed by atoms with E-state index in [0.29, 0.717) is 5.02 Å². The van der Waals surface area contributed by atoms with Crippen molar-refractivity contribution < 1.29 is 14.6 Å². The lowest BCUT2D eigenvalue weighted by Gasteiger charge is -2.22. The summed E-state index contributed by atoms with van der Waals surface area (Å²) in [6.07, 6.45) is 0.968. The number of carboxylic acids is 1. The first kappa shape index (κ1) is 16.1. The zero-order chi connectivity index (χ0) is 15.2. The highest BCUT2D eigenvalue weighted by molar-refractivity contribution is 6.30. The topological polar surface area (TPSA) is 53.0 Å². The van der Waals surface area contributed by atoms with Crippen LogP contribution in [-0.4, -0.2) is 60.7 Å². The Balaban J connectivity index is 1.97. The van der Waals surface area contributed by atoms with Gasteiger partial charge >= 0.3 is 5.97 Å². The summed E-state index contributed by atoms with van der Waals surface area (Å²) in [7, 11) is 1.66. The van der Waals surface area contributed by atoms with Gasteiger partial charge in [-0.2, -0.15) is 0 Å². The van der Waals surface area contributed by atoms with E-state index in [4.69, 9.17) is 21.4 Å². The quantitative estimate of drug-likeness (QED) is 0.900. The molecule has 1 aromatic carbocycles. The molecule has 1 fully saturated rings. The molecule has 1 aliphatic rings. The van der Waals surface area contributed by atoms with E-state index in [9.17, 15) is 4.79 Å². The summed E-state index contributed by atoms with van der Waals surface area (Å²) in [5.74, 6) is 0.0750. The van der Waals surface area contributed by atoms with E-state index in [1.54, 1.807) is 7.11 Å². The van der Waals surface area contributed by atoms with Crippen LogP contribution in [0, 0.1) is 0 Å². The summed E-state index contributed by atoms with van der Waals surface area (Å²) in [5, 5.41) is 9.57. The highest BCUT2D eigenvalue weighted by Crippen LogP contribution is 2.24. The molecule has 0 aliphatic carbocycles. The number of halogens is 1. The maximum atomic E-state index is 10.8. The molecule has 1 aromatic rings. The standard InChI is InChI=1S/C15H21ClN2O3/c1-21-14-4-3-13(16)9-12(14)10-17-5-2-6-18(8-7-17)11-15(19)20/h3-4,9H,2,5-8,10-11H2,1H3,(H,19,20). The van der Waals surface area contributed by atoms with Gasteiger partial charge in [0.1, 0.15) is 5.75 Å². The van der Waals surface area contributed by atoms with Crippen LogP contribution in [0.3, 0.4) is 0 Å². The molecule has 21 heavy (non-hydrogen) atoms. The van der Waals surface area contributed by atoms with Crippen molar-refractivity contribution in [2.24, 2.45) is 0 Å². The van der Waals surface area contributed by atoms with Crippen LogP contribution in [0.2, 0.25) is 5.02 Å². The van der Waals surface area contributed by atoms with Gasteiger partial charge < -0.3 is 9.84 Å². The molecule has 0 radical (unpaired) electrons. The Labute approximate surface area is 130 Å². The third-order valence-corrected chi connectivity index (χ3v) is 3.91. The molecule has 1 N–H and O–H groups in total. The zero-order valence-electron chi connectivity index (χ0n) is 12.2. The van der Waals surface area contributed by atoms with Gasteiger partial charge in [-0.25, -0.2) is 0 Å². The monoisotopic (exact) mass is 312 g/mol. The molecular formula is C15H21ClN2O3. The predicted octanol–water partition coefficient (Wildman–Crippen LogP) is 1.94. The van der Waals surface area contributed by atoms with E-state index in [2.05, 4.69) is 4.90 Å². The number of rotatable bonds is 5. The summed E-state index contributed by atoms with van der Waals surface area (Å²) in [5.41, 5.74) is 1.07. The Bertz CT molecular complexity index is 496. The van der Waals surface area contributed by atoms with E-state index in [0.717, 1.165) is 50.5 Å². The molecule has 0 amide bonds. The van der Waals surface area contributed by atoms with Crippen molar-refractivity contribution >= 4 is 17.6 Å². The number of carbonyl (C=O) groups is 1. The largest absolute Gasteiger partial charge is 0.496 e. The lowest BCUT2D eigenvalue weighted by molar-refractivity contribution is -0.138. The molecule has 1 heterocycles. The zero-order valence-corrected chi connectivity index (χ0v) is 13.0. The number of methoxy groups -OCH3 is 1. The fraction of sp³-hybridized carbons (Fsp3) is 0.533. The second-order valence-corrected chi connectivity index (χ2v) is 5.69. The molecular weight excluding hydrogens is 292 g/mol. The molecule has 0 spiro atoms. The van der Waals surface area contributed by atoms with Crippen molar-refractivity contribution in [1.82, 2.24) is 9.80 Å². The molecule has 1 aliphatic heterocycles. The average molecular weight is 313 g/mol. The first-order chi connectivity index (χ1) is 10.1. The van der Waals surface area contributed by atoms with Crippen LogP contribution in [0.1, 0.15) is 12.0 Å². The number of ether oxygens (including phenoxy) is 1. The normalized spacial score (nSPS) is 17.4. The van der Waals surface area contributed by atoms with Gasteiger partial charge in [-0.3, -0.25) is 14.6 Å². The number of nitrogens with zero attached hydrogens (tertiary/aromatic N) is 2. The van der Waals surface area contributed by atoms with E-state index in [1.807, 2.05) is 23.1 Å². The van der Waals surface area contributed by atoms with Gasteiger partial charge in [0.25, 0.3) is 0 Å². The maximum Gasteiger partial charge on any atom is 0.317 e. The summed E-state index contributed by atoms with van der Waals surface area (Å²) < 4.78 is 5.37. The molecule has 6 heteroatoms. The molecule has 0 atom stereocenters. The van der Waals surface area contributed by atoms with Crippen molar-refractivity contribution in [3.05, 3.63) is 28.8 Å². The van der Waals surface area contributed by atoms with Crippen molar-refractivity contribution in [3.63, 3.8) is 0 Å². The number of aliphatic carboxylic acids is 1. The lowest BCUT2D eigenvalue weighted by atomic mass is 10.2. The number of carboxylic acid groups (broad SMARTS) is 1. The van der Waals surface area contributed by atoms with E-state index in [1.165, 1.54) is 0 Å². The summed E-state index contributed by atoms with van der Waals surface area (Å²) in [6.45, 7) is 4.29. The minimum atomic E-state index is -0.764. The molecule has 5 nitrogen and oxygen atoms in total. The summed E-state index contributed by atoms with van der Waals surface area (Å²) >= 11 is 6.06. The van der Waals surface area contributed by atoms with Crippen molar-refractivity contribution in [1.29, 1.82) is 0 Å². The average Bonchev–Trinajstić information content (AvgIpc) is 2.64. The van der Waals surface area contributed by atoms with E-state index in [-0.39, 0.29) is 6.54 Å². The molecule has 116 valence electrons. The second kappa shape index (κ2) is 7.64. The van der Waals surface area contributed by atoms with Gasteiger partial charge in [0.05, 0.1) is 13.7 Å². The fourth-order valence-corrected chi connectivity index (χ4v) is 2.84. The second-order valence-electron chi connectivity index (χ2n) is 5.26. The Kier molecular flexibility index (Phi) is 5.85. The highest BCUT2D eigenvalue weighted by atomic mass is 35.5. The minimum Gasteiger partial charge on any atom is -0.496 e. The molecule has 0 saturated carbocycles. The Morgan fingerprint density at radius 2 is 2.00 bits per heavy atom.